The van der Waals surface area contributed by atoms with Crippen molar-refractivity contribution in [3.05, 3.63) is 41.1 Å². The highest BCUT2D eigenvalue weighted by atomic mass is 16.5. The molecule has 0 saturated carbocycles. The number of nitrogens with zero attached hydrogens (tertiary/aromatic N) is 1. The lowest BCUT2D eigenvalue weighted by molar-refractivity contribution is 0.460. The molecule has 0 unspecified atom stereocenters. The van der Waals surface area contributed by atoms with Gasteiger partial charge in [-0.1, -0.05) is 6.07 Å². The Morgan fingerprint density at radius 1 is 1.35 bits per heavy atom. The Morgan fingerprint density at radius 2 is 2.12 bits per heavy atom. The van der Waals surface area contributed by atoms with Crippen LogP contribution in [0.2, 0.25) is 0 Å². The van der Waals surface area contributed by atoms with Gasteiger partial charge in [-0.25, -0.2) is 0 Å². The molecule has 4 N–H and O–H groups in total. The zero-order chi connectivity index (χ0) is 12.4. The Bertz CT molecular complexity index is 559. The first kappa shape index (κ1) is 11.2. The lowest BCUT2D eigenvalue weighted by atomic mass is 10.1. The molecule has 2 aromatic rings. The SMILES string of the molecule is Cc1ccc(C(=N)N)c(Oc2cc(C)[nH]n2)c1. The molecule has 0 saturated heterocycles. The molecule has 0 aliphatic heterocycles. The average molecular weight is 230 g/mol. The molecule has 17 heavy (non-hydrogen) atoms. The highest BCUT2D eigenvalue weighted by Crippen LogP contribution is 2.25. The van der Waals surface area contributed by atoms with Crippen molar-refractivity contribution in [1.29, 1.82) is 5.41 Å². The number of hydrogen-bond donors (Lipinski definition) is 3. The van der Waals surface area contributed by atoms with Crippen molar-refractivity contribution in [2.45, 2.75) is 13.8 Å². The fourth-order valence-corrected chi connectivity index (χ4v) is 1.49. The summed E-state index contributed by atoms with van der Waals surface area (Å²) in [5.41, 5.74) is 8.02. The molecule has 1 heterocycles. The topological polar surface area (TPSA) is 87.8 Å². The molecule has 2 rings (SSSR count). The van der Waals surface area contributed by atoms with Crippen LogP contribution in [-0.2, 0) is 0 Å². The predicted octanol–water partition coefficient (Wildman–Crippen LogP) is 2.10. The number of nitrogen functional groups attached to an aromatic ring is 1. The van der Waals surface area contributed by atoms with Crippen molar-refractivity contribution in [3.63, 3.8) is 0 Å². The Hall–Kier alpha value is -2.30. The first-order valence-electron chi connectivity index (χ1n) is 5.21. The van der Waals surface area contributed by atoms with Crippen LogP contribution < -0.4 is 10.5 Å². The summed E-state index contributed by atoms with van der Waals surface area (Å²) in [6, 6.07) is 7.28. The summed E-state index contributed by atoms with van der Waals surface area (Å²) in [4.78, 5) is 0. The zero-order valence-corrected chi connectivity index (χ0v) is 9.74. The fraction of sp³-hybridized carbons (Fsp3) is 0.167. The second kappa shape index (κ2) is 4.29. The first-order chi connectivity index (χ1) is 8.06. The summed E-state index contributed by atoms with van der Waals surface area (Å²) in [6.45, 7) is 3.84. The van der Waals surface area contributed by atoms with Gasteiger partial charge in [0.1, 0.15) is 11.6 Å². The van der Waals surface area contributed by atoms with Gasteiger partial charge in [0, 0.05) is 11.8 Å². The van der Waals surface area contributed by atoms with E-state index in [0.29, 0.717) is 17.2 Å². The molecule has 1 aromatic carbocycles. The number of ether oxygens (including phenoxy) is 1. The molecule has 0 amide bonds. The standard InChI is InChI=1S/C12H14N4O/c1-7-3-4-9(12(13)14)10(5-7)17-11-6-8(2)15-16-11/h3-6H,1-2H3,(H3,13,14)(H,15,16). The maximum absolute atomic E-state index is 7.49. The third-order valence-electron chi connectivity index (χ3n) is 2.32. The lowest BCUT2D eigenvalue weighted by Crippen LogP contribution is -2.12. The Balaban J connectivity index is 2.37. The van der Waals surface area contributed by atoms with Crippen molar-refractivity contribution in [2.75, 3.05) is 0 Å². The summed E-state index contributed by atoms with van der Waals surface area (Å²) < 4.78 is 5.61. The molecule has 0 aliphatic carbocycles. The molecule has 0 aliphatic rings. The molecule has 0 atom stereocenters. The normalized spacial score (nSPS) is 10.2. The van der Waals surface area contributed by atoms with Crippen molar-refractivity contribution in [1.82, 2.24) is 10.2 Å². The molecule has 0 radical (unpaired) electrons. The molecule has 1 aromatic heterocycles. The van der Waals surface area contributed by atoms with Crippen LogP contribution >= 0.6 is 0 Å². The van der Waals surface area contributed by atoms with Crippen molar-refractivity contribution < 1.29 is 4.74 Å². The molecular formula is C12H14N4O. The smallest absolute Gasteiger partial charge is 0.238 e. The Kier molecular flexibility index (Phi) is 2.82. The van der Waals surface area contributed by atoms with E-state index in [9.17, 15) is 0 Å². The van der Waals surface area contributed by atoms with E-state index in [1.807, 2.05) is 26.0 Å². The molecular weight excluding hydrogens is 216 g/mol. The summed E-state index contributed by atoms with van der Waals surface area (Å²) in [5, 5.41) is 14.3. The zero-order valence-electron chi connectivity index (χ0n) is 9.74. The number of hydrogen-bond acceptors (Lipinski definition) is 3. The van der Waals surface area contributed by atoms with Crippen LogP contribution in [0.5, 0.6) is 11.6 Å². The summed E-state index contributed by atoms with van der Waals surface area (Å²) in [6.07, 6.45) is 0. The molecule has 5 nitrogen and oxygen atoms in total. The number of aromatic amines is 1. The van der Waals surface area contributed by atoms with Crippen LogP contribution in [0.1, 0.15) is 16.8 Å². The summed E-state index contributed by atoms with van der Waals surface area (Å²) in [5.74, 6) is 0.992. The van der Waals surface area contributed by atoms with E-state index in [-0.39, 0.29) is 5.84 Å². The van der Waals surface area contributed by atoms with Crippen LogP contribution in [-0.4, -0.2) is 16.0 Å². The monoisotopic (exact) mass is 230 g/mol. The number of aryl methyl sites for hydroxylation is 2. The molecule has 0 spiro atoms. The number of benzene rings is 1. The van der Waals surface area contributed by atoms with Gasteiger partial charge in [-0.15, -0.1) is 5.10 Å². The Labute approximate surface area is 99.1 Å². The van der Waals surface area contributed by atoms with Gasteiger partial charge in [-0.05, 0) is 31.5 Å². The van der Waals surface area contributed by atoms with E-state index < -0.39 is 0 Å². The van der Waals surface area contributed by atoms with E-state index in [2.05, 4.69) is 10.2 Å². The molecule has 88 valence electrons. The fourth-order valence-electron chi connectivity index (χ4n) is 1.49. The first-order valence-corrected chi connectivity index (χ1v) is 5.21. The van der Waals surface area contributed by atoms with Crippen molar-refractivity contribution in [2.24, 2.45) is 5.73 Å². The highest BCUT2D eigenvalue weighted by Gasteiger charge is 2.09. The van der Waals surface area contributed by atoms with Gasteiger partial charge in [0.05, 0.1) is 5.56 Å². The number of H-pyrrole nitrogens is 1. The summed E-state index contributed by atoms with van der Waals surface area (Å²) >= 11 is 0. The van der Waals surface area contributed by atoms with Crippen molar-refractivity contribution in [3.8, 4) is 11.6 Å². The third kappa shape index (κ3) is 2.44. The van der Waals surface area contributed by atoms with E-state index in [1.165, 1.54) is 0 Å². The number of nitrogens with one attached hydrogen (secondary N) is 2. The Morgan fingerprint density at radius 3 is 2.71 bits per heavy atom. The molecule has 0 fully saturated rings. The average Bonchev–Trinajstić information content (AvgIpc) is 2.63. The van der Waals surface area contributed by atoms with Gasteiger partial charge in [-0.2, -0.15) is 0 Å². The van der Waals surface area contributed by atoms with Gasteiger partial charge >= 0.3 is 0 Å². The molecule has 0 bridgehead atoms. The quantitative estimate of drug-likeness (QED) is 0.557. The lowest BCUT2D eigenvalue weighted by Gasteiger charge is -2.08. The minimum Gasteiger partial charge on any atom is -0.437 e. The van der Waals surface area contributed by atoms with Crippen LogP contribution in [0, 0.1) is 19.3 Å². The number of nitrogens with two attached hydrogens (primary N) is 1. The van der Waals surface area contributed by atoms with E-state index >= 15 is 0 Å². The number of amidine groups is 1. The van der Waals surface area contributed by atoms with Gasteiger partial charge in [-0.3, -0.25) is 10.5 Å². The van der Waals surface area contributed by atoms with Gasteiger partial charge < -0.3 is 10.5 Å². The van der Waals surface area contributed by atoms with Gasteiger partial charge in [0.15, 0.2) is 0 Å². The summed E-state index contributed by atoms with van der Waals surface area (Å²) in [7, 11) is 0. The maximum Gasteiger partial charge on any atom is 0.238 e. The second-order valence-corrected chi connectivity index (χ2v) is 3.90. The van der Waals surface area contributed by atoms with E-state index in [4.69, 9.17) is 15.9 Å². The minimum atomic E-state index is -0.0211. The van der Waals surface area contributed by atoms with E-state index in [1.54, 1.807) is 12.1 Å². The number of aromatic nitrogens is 2. The predicted molar refractivity (Wildman–Crippen MR) is 65.6 cm³/mol. The molecule has 5 heteroatoms. The highest BCUT2D eigenvalue weighted by molar-refractivity contribution is 5.97. The number of rotatable bonds is 3. The minimum absolute atomic E-state index is 0.0211. The maximum atomic E-state index is 7.49. The largest absolute Gasteiger partial charge is 0.437 e. The third-order valence-corrected chi connectivity index (χ3v) is 2.32. The van der Waals surface area contributed by atoms with Crippen LogP contribution in [0.4, 0.5) is 0 Å². The second-order valence-electron chi connectivity index (χ2n) is 3.90. The van der Waals surface area contributed by atoms with Crippen LogP contribution in [0.3, 0.4) is 0 Å². The van der Waals surface area contributed by atoms with Crippen LogP contribution in [0.15, 0.2) is 24.3 Å². The van der Waals surface area contributed by atoms with Gasteiger partial charge in [0.25, 0.3) is 0 Å². The van der Waals surface area contributed by atoms with Crippen LogP contribution in [0.25, 0.3) is 0 Å². The van der Waals surface area contributed by atoms with Crippen molar-refractivity contribution >= 4 is 5.84 Å². The van der Waals surface area contributed by atoms with Gasteiger partial charge in [0.2, 0.25) is 5.88 Å². The van der Waals surface area contributed by atoms with E-state index in [0.717, 1.165) is 11.3 Å².